The van der Waals surface area contributed by atoms with Crippen molar-refractivity contribution in [2.24, 2.45) is 0 Å². The monoisotopic (exact) mass is 396 g/mol. The molecule has 0 radical (unpaired) electrons. The van der Waals surface area contributed by atoms with Crippen LogP contribution in [0.1, 0.15) is 15.9 Å². The van der Waals surface area contributed by atoms with Gasteiger partial charge in [-0.2, -0.15) is 0 Å². The zero-order valence-corrected chi connectivity index (χ0v) is 15.8. The third kappa shape index (κ3) is 3.68. The smallest absolute Gasteiger partial charge is 0.255 e. The van der Waals surface area contributed by atoms with Gasteiger partial charge in [0.2, 0.25) is 5.89 Å². The summed E-state index contributed by atoms with van der Waals surface area (Å²) in [6, 6.07) is 18.0. The molecule has 4 rings (SSSR count). The van der Waals surface area contributed by atoms with E-state index >= 15 is 0 Å². The zero-order valence-electron chi connectivity index (χ0n) is 14.3. The third-order valence-electron chi connectivity index (χ3n) is 4.09. The zero-order chi connectivity index (χ0) is 19.0. The molecule has 0 bridgehead atoms. The van der Waals surface area contributed by atoms with Gasteiger partial charge in [-0.1, -0.05) is 40.9 Å². The van der Waals surface area contributed by atoms with Crippen LogP contribution in [0.15, 0.2) is 65.1 Å². The highest BCUT2D eigenvalue weighted by atomic mass is 35.5. The maximum Gasteiger partial charge on any atom is 0.255 e. The second-order valence-electron chi connectivity index (χ2n) is 6.15. The van der Waals surface area contributed by atoms with E-state index in [9.17, 15) is 4.79 Å². The fraction of sp³-hybridized carbons (Fsp3) is 0.0476. The van der Waals surface area contributed by atoms with Gasteiger partial charge < -0.3 is 9.73 Å². The van der Waals surface area contributed by atoms with Gasteiger partial charge in [0.25, 0.3) is 5.91 Å². The van der Waals surface area contributed by atoms with E-state index in [-0.39, 0.29) is 5.91 Å². The minimum absolute atomic E-state index is 0.282. The number of fused-ring (bicyclic) bond motifs is 1. The molecule has 0 saturated carbocycles. The Labute approximate surface area is 165 Å². The fourth-order valence-electron chi connectivity index (χ4n) is 2.75. The minimum atomic E-state index is -0.282. The van der Waals surface area contributed by atoms with Crippen molar-refractivity contribution in [3.05, 3.63) is 81.8 Å². The van der Waals surface area contributed by atoms with Crippen LogP contribution in [-0.4, -0.2) is 10.9 Å². The number of hydrogen-bond acceptors (Lipinski definition) is 3. The number of carbonyl (C=O) groups excluding carboxylic acids is 1. The number of carbonyl (C=O) groups is 1. The molecule has 27 heavy (non-hydrogen) atoms. The van der Waals surface area contributed by atoms with Crippen LogP contribution in [0.2, 0.25) is 10.0 Å². The predicted molar refractivity (Wildman–Crippen MR) is 109 cm³/mol. The molecule has 0 unspecified atom stereocenters. The van der Waals surface area contributed by atoms with E-state index in [4.69, 9.17) is 27.6 Å². The SMILES string of the molecule is Cc1cccc(-c2nc3cc(NC(=O)c4ccc(Cl)c(Cl)c4)ccc3o2)c1. The van der Waals surface area contributed by atoms with E-state index in [1.165, 1.54) is 6.07 Å². The molecule has 3 aromatic carbocycles. The Kier molecular flexibility index (Phi) is 4.60. The topological polar surface area (TPSA) is 55.1 Å². The first-order chi connectivity index (χ1) is 13.0. The molecule has 0 fully saturated rings. The number of hydrogen-bond donors (Lipinski definition) is 1. The molecule has 0 aliphatic heterocycles. The van der Waals surface area contributed by atoms with Gasteiger partial charge in [-0.15, -0.1) is 0 Å². The molecule has 1 heterocycles. The van der Waals surface area contributed by atoms with Gasteiger partial charge in [-0.25, -0.2) is 4.98 Å². The molecule has 1 amide bonds. The molecule has 0 aliphatic rings. The van der Waals surface area contributed by atoms with Gasteiger partial charge in [-0.3, -0.25) is 4.79 Å². The first kappa shape index (κ1) is 17.6. The fourth-order valence-corrected chi connectivity index (χ4v) is 3.05. The number of nitrogens with one attached hydrogen (secondary N) is 1. The first-order valence-electron chi connectivity index (χ1n) is 8.23. The van der Waals surface area contributed by atoms with Crippen molar-refractivity contribution in [1.82, 2.24) is 4.98 Å². The van der Waals surface area contributed by atoms with E-state index in [0.29, 0.717) is 38.3 Å². The molecule has 1 N–H and O–H groups in total. The lowest BCUT2D eigenvalue weighted by atomic mass is 10.1. The Morgan fingerprint density at radius 1 is 1.00 bits per heavy atom. The van der Waals surface area contributed by atoms with Crippen LogP contribution in [-0.2, 0) is 0 Å². The molecule has 0 saturated heterocycles. The number of aryl methyl sites for hydroxylation is 1. The van der Waals surface area contributed by atoms with Gasteiger partial charge in [0.05, 0.1) is 10.0 Å². The van der Waals surface area contributed by atoms with Crippen LogP contribution < -0.4 is 5.32 Å². The number of nitrogens with zero attached hydrogens (tertiary/aromatic N) is 1. The lowest BCUT2D eigenvalue weighted by Gasteiger charge is -2.06. The van der Waals surface area contributed by atoms with Gasteiger partial charge in [0, 0.05) is 16.8 Å². The summed E-state index contributed by atoms with van der Waals surface area (Å²) in [5.41, 5.74) is 4.39. The summed E-state index contributed by atoms with van der Waals surface area (Å²) in [7, 11) is 0. The Morgan fingerprint density at radius 2 is 1.85 bits per heavy atom. The van der Waals surface area contributed by atoms with Gasteiger partial charge in [-0.05, 0) is 55.5 Å². The molecular weight excluding hydrogens is 383 g/mol. The van der Waals surface area contributed by atoms with Crippen LogP contribution in [0.3, 0.4) is 0 Å². The highest BCUT2D eigenvalue weighted by Crippen LogP contribution is 2.27. The number of oxazole rings is 1. The van der Waals surface area contributed by atoms with Gasteiger partial charge in [0.15, 0.2) is 5.58 Å². The molecule has 1 aromatic heterocycles. The van der Waals surface area contributed by atoms with E-state index in [1.807, 2.05) is 31.2 Å². The molecule has 134 valence electrons. The second kappa shape index (κ2) is 7.06. The van der Waals surface area contributed by atoms with Gasteiger partial charge in [0.1, 0.15) is 5.52 Å². The quantitative estimate of drug-likeness (QED) is 0.438. The summed E-state index contributed by atoms with van der Waals surface area (Å²) in [5, 5.41) is 3.57. The molecule has 6 heteroatoms. The summed E-state index contributed by atoms with van der Waals surface area (Å²) in [6.07, 6.45) is 0. The number of amides is 1. The van der Waals surface area contributed by atoms with E-state index in [2.05, 4.69) is 10.3 Å². The Morgan fingerprint density at radius 3 is 2.63 bits per heavy atom. The predicted octanol–water partition coefficient (Wildman–Crippen LogP) is 6.36. The largest absolute Gasteiger partial charge is 0.436 e. The standard InChI is InChI=1S/C21H14Cl2N2O2/c1-12-3-2-4-14(9-12)21-25-18-11-15(6-8-19(18)27-21)24-20(26)13-5-7-16(22)17(23)10-13/h2-11H,1H3,(H,24,26). The van der Waals surface area contributed by atoms with E-state index in [1.54, 1.807) is 30.3 Å². The van der Waals surface area contributed by atoms with Crippen LogP contribution >= 0.6 is 23.2 Å². The molecule has 0 aliphatic carbocycles. The Balaban J connectivity index is 1.61. The summed E-state index contributed by atoms with van der Waals surface area (Å²) >= 11 is 11.9. The molecule has 4 nitrogen and oxygen atoms in total. The number of halogens is 2. The highest BCUT2D eigenvalue weighted by Gasteiger charge is 2.12. The lowest BCUT2D eigenvalue weighted by Crippen LogP contribution is -2.11. The summed E-state index contributed by atoms with van der Waals surface area (Å²) in [5.74, 6) is 0.261. The summed E-state index contributed by atoms with van der Waals surface area (Å²) in [4.78, 5) is 17.0. The van der Waals surface area contributed by atoms with Crippen LogP contribution in [0, 0.1) is 6.92 Å². The van der Waals surface area contributed by atoms with E-state index in [0.717, 1.165) is 11.1 Å². The summed E-state index contributed by atoms with van der Waals surface area (Å²) in [6.45, 7) is 2.02. The van der Waals surface area contributed by atoms with E-state index < -0.39 is 0 Å². The molecule has 0 spiro atoms. The first-order valence-corrected chi connectivity index (χ1v) is 8.99. The number of anilines is 1. The van der Waals surface area contributed by atoms with Crippen molar-refractivity contribution < 1.29 is 9.21 Å². The van der Waals surface area contributed by atoms with Crippen LogP contribution in [0.5, 0.6) is 0 Å². The summed E-state index contributed by atoms with van der Waals surface area (Å²) < 4.78 is 5.83. The Bertz CT molecular complexity index is 1170. The number of rotatable bonds is 3. The van der Waals surface area contributed by atoms with Crippen LogP contribution in [0.4, 0.5) is 5.69 Å². The van der Waals surface area contributed by atoms with Crippen molar-refractivity contribution >= 4 is 45.9 Å². The molecular formula is C21H14Cl2N2O2. The van der Waals surface area contributed by atoms with Gasteiger partial charge >= 0.3 is 0 Å². The van der Waals surface area contributed by atoms with Crippen molar-refractivity contribution in [3.8, 4) is 11.5 Å². The maximum absolute atomic E-state index is 12.4. The average molecular weight is 397 g/mol. The molecule has 0 atom stereocenters. The number of benzene rings is 3. The van der Waals surface area contributed by atoms with Crippen molar-refractivity contribution in [3.63, 3.8) is 0 Å². The van der Waals surface area contributed by atoms with Crippen LogP contribution in [0.25, 0.3) is 22.6 Å². The molecule has 4 aromatic rings. The van der Waals surface area contributed by atoms with Crippen molar-refractivity contribution in [1.29, 1.82) is 0 Å². The Hall–Kier alpha value is -2.82. The van der Waals surface area contributed by atoms with Crippen molar-refractivity contribution in [2.45, 2.75) is 6.92 Å². The van der Waals surface area contributed by atoms with Crippen molar-refractivity contribution in [2.75, 3.05) is 5.32 Å². The minimum Gasteiger partial charge on any atom is -0.436 e. The highest BCUT2D eigenvalue weighted by molar-refractivity contribution is 6.42. The average Bonchev–Trinajstić information content (AvgIpc) is 3.07. The lowest BCUT2D eigenvalue weighted by molar-refractivity contribution is 0.102. The second-order valence-corrected chi connectivity index (χ2v) is 6.97. The third-order valence-corrected chi connectivity index (χ3v) is 4.83. The normalized spacial score (nSPS) is 10.9. The number of aromatic nitrogens is 1. The maximum atomic E-state index is 12.4.